The van der Waals surface area contributed by atoms with Crippen molar-refractivity contribution >= 4 is 17.5 Å². The van der Waals surface area contributed by atoms with Crippen molar-refractivity contribution in [1.29, 1.82) is 0 Å². The molecule has 4 rings (SSSR count). The first-order valence-electron chi connectivity index (χ1n) is 10.2. The third kappa shape index (κ3) is 3.83. The van der Waals surface area contributed by atoms with Gasteiger partial charge < -0.3 is 10.2 Å². The second kappa shape index (κ2) is 8.49. The standard InChI is InChI=1S/C25H25N3O2/c1-28-22-13-6-5-12-21(22)25(24(28)30,17-19-9-3-2-4-10-19)18-23(29)27-16-14-20-11-7-8-15-26-20/h2-13,15H,14,16-18H2,1H3,(H,27,29)/t25-/m1/s1. The average molecular weight is 399 g/mol. The van der Waals surface area contributed by atoms with Crippen LogP contribution in [0.4, 0.5) is 5.69 Å². The molecule has 0 unspecified atom stereocenters. The van der Waals surface area contributed by atoms with Gasteiger partial charge >= 0.3 is 0 Å². The van der Waals surface area contributed by atoms with Crippen LogP contribution in [0.15, 0.2) is 79.0 Å². The van der Waals surface area contributed by atoms with Crippen LogP contribution in [-0.4, -0.2) is 30.4 Å². The Kier molecular flexibility index (Phi) is 5.61. The van der Waals surface area contributed by atoms with Crippen LogP contribution >= 0.6 is 0 Å². The molecule has 1 atom stereocenters. The molecule has 0 fully saturated rings. The Morgan fingerprint density at radius 2 is 1.73 bits per heavy atom. The van der Waals surface area contributed by atoms with Crippen molar-refractivity contribution in [3.63, 3.8) is 0 Å². The van der Waals surface area contributed by atoms with Gasteiger partial charge in [0.25, 0.3) is 0 Å². The smallest absolute Gasteiger partial charge is 0.238 e. The van der Waals surface area contributed by atoms with Gasteiger partial charge in [-0.05, 0) is 35.7 Å². The van der Waals surface area contributed by atoms with Crippen molar-refractivity contribution in [2.24, 2.45) is 0 Å². The number of amides is 2. The van der Waals surface area contributed by atoms with E-state index in [-0.39, 0.29) is 18.2 Å². The predicted molar refractivity (Wildman–Crippen MR) is 117 cm³/mol. The van der Waals surface area contributed by atoms with Crippen LogP contribution in [0.25, 0.3) is 0 Å². The fourth-order valence-electron chi connectivity index (χ4n) is 4.28. The Balaban J connectivity index is 1.57. The lowest BCUT2D eigenvalue weighted by Gasteiger charge is -2.28. The number of anilines is 1. The number of hydrogen-bond donors (Lipinski definition) is 1. The average Bonchev–Trinajstić information content (AvgIpc) is 2.97. The summed E-state index contributed by atoms with van der Waals surface area (Å²) in [5.41, 5.74) is 2.86. The molecule has 0 spiro atoms. The lowest BCUT2D eigenvalue weighted by molar-refractivity contribution is -0.129. The van der Waals surface area contributed by atoms with Gasteiger partial charge in [0, 0.05) is 44.0 Å². The maximum absolute atomic E-state index is 13.5. The Morgan fingerprint density at radius 3 is 2.50 bits per heavy atom. The van der Waals surface area contributed by atoms with Crippen LogP contribution < -0.4 is 10.2 Å². The van der Waals surface area contributed by atoms with Crippen LogP contribution in [0.5, 0.6) is 0 Å². The van der Waals surface area contributed by atoms with Gasteiger partial charge in [-0.25, -0.2) is 0 Å². The summed E-state index contributed by atoms with van der Waals surface area (Å²) < 4.78 is 0. The molecule has 0 saturated heterocycles. The number of nitrogens with zero attached hydrogens (tertiary/aromatic N) is 2. The quantitative estimate of drug-likeness (QED) is 0.663. The van der Waals surface area contributed by atoms with Crippen molar-refractivity contribution in [3.05, 3.63) is 95.8 Å². The van der Waals surface area contributed by atoms with Crippen LogP contribution in [0.3, 0.4) is 0 Å². The van der Waals surface area contributed by atoms with Gasteiger partial charge in [-0.1, -0.05) is 54.6 Å². The first kappa shape index (κ1) is 19.8. The van der Waals surface area contributed by atoms with E-state index in [9.17, 15) is 9.59 Å². The zero-order chi connectivity index (χ0) is 21.0. The molecule has 3 aromatic rings. The first-order chi connectivity index (χ1) is 14.6. The number of rotatable bonds is 7. The monoisotopic (exact) mass is 399 g/mol. The van der Waals surface area contributed by atoms with Gasteiger partial charge in [-0.15, -0.1) is 0 Å². The van der Waals surface area contributed by atoms with Gasteiger partial charge in [0.2, 0.25) is 11.8 Å². The number of nitrogens with one attached hydrogen (secondary N) is 1. The maximum Gasteiger partial charge on any atom is 0.238 e. The molecule has 0 saturated carbocycles. The molecule has 0 bridgehead atoms. The summed E-state index contributed by atoms with van der Waals surface area (Å²) in [4.78, 5) is 32.4. The van der Waals surface area contributed by atoms with E-state index >= 15 is 0 Å². The minimum Gasteiger partial charge on any atom is -0.356 e. The van der Waals surface area contributed by atoms with E-state index in [1.165, 1.54) is 0 Å². The van der Waals surface area contributed by atoms with Crippen LogP contribution in [0.2, 0.25) is 0 Å². The molecule has 1 aromatic heterocycles. The molecule has 30 heavy (non-hydrogen) atoms. The van der Waals surface area contributed by atoms with Crippen molar-refractivity contribution in [1.82, 2.24) is 10.3 Å². The number of hydrogen-bond acceptors (Lipinski definition) is 3. The summed E-state index contributed by atoms with van der Waals surface area (Å²) in [6, 6.07) is 23.4. The summed E-state index contributed by atoms with van der Waals surface area (Å²) >= 11 is 0. The Morgan fingerprint density at radius 1 is 1.00 bits per heavy atom. The topological polar surface area (TPSA) is 62.3 Å². The number of pyridine rings is 1. The third-order valence-corrected chi connectivity index (χ3v) is 5.74. The maximum atomic E-state index is 13.5. The van der Waals surface area contributed by atoms with Gasteiger partial charge in [0.1, 0.15) is 0 Å². The van der Waals surface area contributed by atoms with E-state index in [1.54, 1.807) is 18.1 Å². The number of benzene rings is 2. The molecule has 152 valence electrons. The van der Waals surface area contributed by atoms with E-state index in [2.05, 4.69) is 10.3 Å². The Labute approximate surface area is 176 Å². The van der Waals surface area contributed by atoms with E-state index in [1.807, 2.05) is 72.8 Å². The van der Waals surface area contributed by atoms with Crippen molar-refractivity contribution in [2.75, 3.05) is 18.5 Å². The second-order valence-corrected chi connectivity index (χ2v) is 7.72. The molecule has 5 nitrogen and oxygen atoms in total. The predicted octanol–water partition coefficient (Wildman–Crippen LogP) is 3.29. The Bertz CT molecular complexity index is 1040. The largest absolute Gasteiger partial charge is 0.356 e. The van der Waals surface area contributed by atoms with Gasteiger partial charge in [0.15, 0.2) is 0 Å². The molecule has 0 radical (unpaired) electrons. The highest BCUT2D eigenvalue weighted by molar-refractivity contribution is 6.09. The third-order valence-electron chi connectivity index (χ3n) is 5.74. The van der Waals surface area contributed by atoms with E-state index in [0.29, 0.717) is 19.4 Å². The SMILES string of the molecule is CN1C(=O)[C@@](CC(=O)NCCc2ccccn2)(Cc2ccccc2)c2ccccc21. The minimum absolute atomic E-state index is 0.0348. The van der Waals surface area contributed by atoms with E-state index in [4.69, 9.17) is 0 Å². The van der Waals surface area contributed by atoms with Crippen molar-refractivity contribution < 1.29 is 9.59 Å². The number of likely N-dealkylation sites (N-methyl/N-ethyl adjacent to an activating group) is 1. The summed E-state index contributed by atoms with van der Waals surface area (Å²) in [5, 5.41) is 2.99. The van der Waals surface area contributed by atoms with Crippen molar-refractivity contribution in [3.8, 4) is 0 Å². The molecule has 1 N–H and O–H groups in total. The fourth-order valence-corrected chi connectivity index (χ4v) is 4.28. The van der Waals surface area contributed by atoms with E-state index in [0.717, 1.165) is 22.5 Å². The Hall–Kier alpha value is -3.47. The first-order valence-corrected chi connectivity index (χ1v) is 10.2. The molecule has 2 amide bonds. The highest BCUT2D eigenvalue weighted by Crippen LogP contribution is 2.45. The van der Waals surface area contributed by atoms with Gasteiger partial charge in [0.05, 0.1) is 5.41 Å². The highest BCUT2D eigenvalue weighted by Gasteiger charge is 2.50. The molecule has 0 aliphatic carbocycles. The van der Waals surface area contributed by atoms with Gasteiger partial charge in [-0.2, -0.15) is 0 Å². The summed E-state index contributed by atoms with van der Waals surface area (Å²) in [7, 11) is 1.78. The number of aromatic nitrogens is 1. The van der Waals surface area contributed by atoms with E-state index < -0.39 is 5.41 Å². The summed E-state index contributed by atoms with van der Waals surface area (Å²) in [5.74, 6) is -0.159. The summed E-state index contributed by atoms with van der Waals surface area (Å²) in [6.07, 6.45) is 3.00. The molecule has 1 aliphatic heterocycles. The molecule has 2 aromatic carbocycles. The molecule has 1 aliphatic rings. The van der Waals surface area contributed by atoms with Crippen LogP contribution in [-0.2, 0) is 27.8 Å². The normalized spacial score (nSPS) is 17.6. The van der Waals surface area contributed by atoms with Crippen LogP contribution in [0, 0.1) is 0 Å². The minimum atomic E-state index is -0.901. The fraction of sp³-hybridized carbons (Fsp3) is 0.240. The zero-order valence-corrected chi connectivity index (χ0v) is 17.0. The summed E-state index contributed by atoms with van der Waals surface area (Å²) in [6.45, 7) is 0.489. The number of carbonyl (C=O) groups excluding carboxylic acids is 2. The molecule has 5 heteroatoms. The lowest BCUT2D eigenvalue weighted by atomic mass is 9.73. The molecule has 2 heterocycles. The number of fused-ring (bicyclic) bond motifs is 1. The zero-order valence-electron chi connectivity index (χ0n) is 17.0. The highest BCUT2D eigenvalue weighted by atomic mass is 16.2. The van der Waals surface area contributed by atoms with Crippen LogP contribution in [0.1, 0.15) is 23.2 Å². The van der Waals surface area contributed by atoms with Crippen molar-refractivity contribution in [2.45, 2.75) is 24.7 Å². The molecular weight excluding hydrogens is 374 g/mol. The lowest BCUT2D eigenvalue weighted by Crippen LogP contribution is -2.44. The van der Waals surface area contributed by atoms with Gasteiger partial charge in [-0.3, -0.25) is 14.6 Å². The number of carbonyl (C=O) groups is 2. The second-order valence-electron chi connectivity index (χ2n) is 7.72. The molecular formula is C25H25N3O2. The number of para-hydroxylation sites is 1.